The van der Waals surface area contributed by atoms with Crippen LogP contribution in [0.1, 0.15) is 11.1 Å². The number of rotatable bonds is 7. The number of carbonyl (C=O) groups is 1. The maximum absolute atomic E-state index is 11.9. The van der Waals surface area contributed by atoms with Crippen LogP contribution in [0.25, 0.3) is 0 Å². The zero-order valence-corrected chi connectivity index (χ0v) is 15.2. The third-order valence-corrected chi connectivity index (χ3v) is 4.70. The first-order chi connectivity index (χ1) is 11.3. The molecule has 0 heterocycles. The summed E-state index contributed by atoms with van der Waals surface area (Å²) in [4.78, 5) is 11.9. The van der Waals surface area contributed by atoms with Crippen molar-refractivity contribution in [2.75, 3.05) is 22.0 Å². The molecule has 0 spiro atoms. The van der Waals surface area contributed by atoms with E-state index < -0.39 is 10.0 Å². The molecule has 0 radical (unpaired) electrons. The van der Waals surface area contributed by atoms with E-state index in [1.165, 1.54) is 11.1 Å². The molecule has 1 amide bonds. The summed E-state index contributed by atoms with van der Waals surface area (Å²) < 4.78 is 24.6. The molecule has 24 heavy (non-hydrogen) atoms. The molecule has 2 aromatic rings. The van der Waals surface area contributed by atoms with Gasteiger partial charge in [0.25, 0.3) is 0 Å². The molecule has 2 aromatic carbocycles. The van der Waals surface area contributed by atoms with Crippen LogP contribution in [-0.2, 0) is 20.6 Å². The van der Waals surface area contributed by atoms with Gasteiger partial charge in [0.05, 0.1) is 12.0 Å². The maximum atomic E-state index is 11.9. The number of nitrogens with one attached hydrogen (secondary N) is 2. The van der Waals surface area contributed by atoms with E-state index in [1.54, 1.807) is 36.0 Å². The van der Waals surface area contributed by atoms with Crippen molar-refractivity contribution in [3.8, 4) is 0 Å². The van der Waals surface area contributed by atoms with Crippen molar-refractivity contribution in [3.63, 3.8) is 0 Å². The summed E-state index contributed by atoms with van der Waals surface area (Å²) in [5, 5.41) is 2.79. The van der Waals surface area contributed by atoms with Gasteiger partial charge in [0.2, 0.25) is 15.9 Å². The van der Waals surface area contributed by atoms with Gasteiger partial charge in [-0.05, 0) is 36.8 Å². The number of hydrogen-bond donors (Lipinski definition) is 2. The predicted molar refractivity (Wildman–Crippen MR) is 101 cm³/mol. The molecule has 7 heteroatoms. The van der Waals surface area contributed by atoms with Gasteiger partial charge < -0.3 is 5.32 Å². The van der Waals surface area contributed by atoms with Crippen LogP contribution in [0.2, 0.25) is 0 Å². The maximum Gasteiger partial charge on any atom is 0.234 e. The van der Waals surface area contributed by atoms with E-state index in [4.69, 9.17) is 0 Å². The molecular formula is C17H20N2O3S2. The molecule has 0 saturated heterocycles. The molecular weight excluding hydrogens is 344 g/mol. The van der Waals surface area contributed by atoms with E-state index in [0.717, 1.165) is 12.0 Å². The third-order valence-electron chi connectivity index (χ3n) is 3.09. The minimum atomic E-state index is -3.29. The fraction of sp³-hybridized carbons (Fsp3) is 0.235. The summed E-state index contributed by atoms with van der Waals surface area (Å²) in [7, 11) is -3.29. The normalized spacial score (nSPS) is 11.1. The van der Waals surface area contributed by atoms with Gasteiger partial charge in [-0.25, -0.2) is 8.42 Å². The van der Waals surface area contributed by atoms with E-state index in [2.05, 4.69) is 34.3 Å². The Morgan fingerprint density at radius 2 is 1.58 bits per heavy atom. The number of carbonyl (C=O) groups excluding carboxylic acids is 1. The highest BCUT2D eigenvalue weighted by atomic mass is 32.2. The van der Waals surface area contributed by atoms with Crippen LogP contribution in [0.15, 0.2) is 48.5 Å². The first-order valence-corrected chi connectivity index (χ1v) is 10.4. The van der Waals surface area contributed by atoms with Crippen molar-refractivity contribution in [1.82, 2.24) is 0 Å². The van der Waals surface area contributed by atoms with Crippen molar-refractivity contribution in [1.29, 1.82) is 0 Å². The Hall–Kier alpha value is -1.99. The van der Waals surface area contributed by atoms with Crippen molar-refractivity contribution in [2.45, 2.75) is 12.7 Å². The Balaban J connectivity index is 1.78. The van der Waals surface area contributed by atoms with Crippen molar-refractivity contribution in [2.24, 2.45) is 0 Å². The van der Waals surface area contributed by atoms with Crippen LogP contribution < -0.4 is 10.0 Å². The predicted octanol–water partition coefficient (Wildman–Crippen LogP) is 3.24. The second-order valence-corrected chi connectivity index (χ2v) is 8.21. The lowest BCUT2D eigenvalue weighted by Crippen LogP contribution is -2.14. The number of hydrogen-bond acceptors (Lipinski definition) is 4. The molecule has 0 aliphatic rings. The highest BCUT2D eigenvalue weighted by Gasteiger charge is 2.05. The molecule has 0 aliphatic carbocycles. The van der Waals surface area contributed by atoms with E-state index >= 15 is 0 Å². The van der Waals surface area contributed by atoms with Gasteiger partial charge in [-0.3, -0.25) is 9.52 Å². The molecule has 0 fully saturated rings. The first-order valence-electron chi connectivity index (χ1n) is 7.33. The Kier molecular flexibility index (Phi) is 6.28. The van der Waals surface area contributed by atoms with Crippen molar-refractivity contribution in [3.05, 3.63) is 59.7 Å². The fourth-order valence-electron chi connectivity index (χ4n) is 1.98. The SMILES string of the molecule is Cc1ccc(CSCC(=O)Nc2ccc(NS(C)(=O)=O)cc2)cc1. The van der Waals surface area contributed by atoms with Crippen molar-refractivity contribution >= 4 is 39.1 Å². The second-order valence-electron chi connectivity index (χ2n) is 5.48. The van der Waals surface area contributed by atoms with Crippen LogP contribution in [0.3, 0.4) is 0 Å². The number of benzene rings is 2. The molecule has 0 unspecified atom stereocenters. The zero-order valence-electron chi connectivity index (χ0n) is 13.6. The van der Waals surface area contributed by atoms with Crippen LogP contribution >= 0.6 is 11.8 Å². The lowest BCUT2D eigenvalue weighted by atomic mass is 10.2. The number of anilines is 2. The molecule has 2 rings (SSSR count). The average molecular weight is 364 g/mol. The smallest absolute Gasteiger partial charge is 0.234 e. The second kappa shape index (κ2) is 8.21. The molecule has 0 bridgehead atoms. The third kappa shape index (κ3) is 6.64. The van der Waals surface area contributed by atoms with Crippen molar-refractivity contribution < 1.29 is 13.2 Å². The minimum absolute atomic E-state index is 0.0871. The van der Waals surface area contributed by atoms with Crippen LogP contribution in [0.5, 0.6) is 0 Å². The fourth-order valence-corrected chi connectivity index (χ4v) is 3.33. The lowest BCUT2D eigenvalue weighted by Gasteiger charge is -2.07. The molecule has 0 saturated carbocycles. The molecule has 128 valence electrons. The van der Waals surface area contributed by atoms with E-state index in [1.807, 2.05) is 6.92 Å². The van der Waals surface area contributed by atoms with Gasteiger partial charge in [0, 0.05) is 17.1 Å². The summed E-state index contributed by atoms with van der Waals surface area (Å²) in [6.45, 7) is 2.04. The first kappa shape index (κ1) is 18.4. The lowest BCUT2D eigenvalue weighted by molar-refractivity contribution is -0.113. The average Bonchev–Trinajstić information content (AvgIpc) is 2.50. The Morgan fingerprint density at radius 3 is 2.17 bits per heavy atom. The quantitative estimate of drug-likeness (QED) is 0.791. The van der Waals surface area contributed by atoms with E-state index in [0.29, 0.717) is 17.1 Å². The molecule has 5 nitrogen and oxygen atoms in total. The van der Waals surface area contributed by atoms with Gasteiger partial charge >= 0.3 is 0 Å². The zero-order chi connectivity index (χ0) is 17.6. The van der Waals surface area contributed by atoms with E-state index in [-0.39, 0.29) is 5.91 Å². The van der Waals surface area contributed by atoms with Gasteiger partial charge in [-0.1, -0.05) is 29.8 Å². The van der Waals surface area contributed by atoms with Gasteiger partial charge in [0.1, 0.15) is 0 Å². The monoisotopic (exact) mass is 364 g/mol. The number of amides is 1. The number of aryl methyl sites for hydroxylation is 1. The Bertz CT molecular complexity index is 786. The largest absolute Gasteiger partial charge is 0.325 e. The minimum Gasteiger partial charge on any atom is -0.325 e. The Morgan fingerprint density at radius 1 is 1.00 bits per heavy atom. The summed E-state index contributed by atoms with van der Waals surface area (Å²) in [5.41, 5.74) is 3.50. The van der Waals surface area contributed by atoms with Crippen LogP contribution in [0, 0.1) is 6.92 Å². The summed E-state index contributed by atoms with van der Waals surface area (Å²) in [6.07, 6.45) is 1.09. The standard InChI is InChI=1S/C17H20N2O3S2/c1-13-3-5-14(6-4-13)11-23-12-17(20)18-15-7-9-16(10-8-15)19-24(2,21)22/h3-10,19H,11-12H2,1-2H3,(H,18,20). The highest BCUT2D eigenvalue weighted by Crippen LogP contribution is 2.16. The van der Waals surface area contributed by atoms with Gasteiger partial charge in [-0.15, -0.1) is 11.8 Å². The Labute approximate surface area is 146 Å². The van der Waals surface area contributed by atoms with Crippen LogP contribution in [0.4, 0.5) is 11.4 Å². The number of thioether (sulfide) groups is 1. The molecule has 0 aromatic heterocycles. The van der Waals surface area contributed by atoms with Crippen LogP contribution in [-0.4, -0.2) is 26.3 Å². The molecule has 0 atom stereocenters. The van der Waals surface area contributed by atoms with E-state index in [9.17, 15) is 13.2 Å². The summed E-state index contributed by atoms with van der Waals surface area (Å²) in [5.74, 6) is 1.05. The molecule has 2 N–H and O–H groups in total. The number of sulfonamides is 1. The topological polar surface area (TPSA) is 75.3 Å². The van der Waals surface area contributed by atoms with Gasteiger partial charge in [0.15, 0.2) is 0 Å². The summed E-state index contributed by atoms with van der Waals surface area (Å²) >= 11 is 1.55. The van der Waals surface area contributed by atoms with Gasteiger partial charge in [-0.2, -0.15) is 0 Å². The molecule has 0 aliphatic heterocycles. The highest BCUT2D eigenvalue weighted by molar-refractivity contribution is 7.99. The summed E-state index contributed by atoms with van der Waals surface area (Å²) in [6, 6.07) is 14.8.